The normalized spacial score (nSPS) is 11.9. The van der Waals surface area contributed by atoms with Crippen molar-refractivity contribution in [2.75, 3.05) is 28.4 Å². The average Bonchev–Trinajstić information content (AvgIpc) is 3.21. The molecule has 2 heterocycles. The number of furan rings is 1. The Morgan fingerprint density at radius 2 is 1.68 bits per heavy atom. The average molecular weight is 448 g/mol. The van der Waals surface area contributed by atoms with Crippen LogP contribution in [0.5, 0.6) is 17.4 Å². The highest BCUT2D eigenvalue weighted by Crippen LogP contribution is 2.39. The number of rotatable bonds is 8. The third-order valence-corrected chi connectivity index (χ3v) is 5.18. The Bertz CT molecular complexity index is 898. The molecule has 6 nitrogen and oxygen atoms in total. The van der Waals surface area contributed by atoms with Crippen LogP contribution in [-0.2, 0) is 11.2 Å². The highest BCUT2D eigenvalue weighted by molar-refractivity contribution is 9.10. The second-order valence-electron chi connectivity index (χ2n) is 6.02. The molecule has 0 spiro atoms. The molecule has 0 aliphatic heterocycles. The minimum Gasteiger partial charge on any atom is -0.495 e. The summed E-state index contributed by atoms with van der Waals surface area (Å²) in [5, 5.41) is 0. The van der Waals surface area contributed by atoms with Crippen LogP contribution in [0.4, 0.5) is 0 Å². The van der Waals surface area contributed by atoms with Crippen LogP contribution < -0.4 is 14.2 Å². The number of hydrogen-bond donors (Lipinski definition) is 0. The zero-order valence-corrected chi connectivity index (χ0v) is 17.8. The van der Waals surface area contributed by atoms with Crippen molar-refractivity contribution in [3.05, 3.63) is 58.4 Å². The zero-order valence-electron chi connectivity index (χ0n) is 16.2. The molecule has 3 rings (SSSR count). The third-order valence-electron chi connectivity index (χ3n) is 4.40. The van der Waals surface area contributed by atoms with Gasteiger partial charge in [-0.15, -0.1) is 0 Å². The van der Waals surface area contributed by atoms with E-state index in [4.69, 9.17) is 23.4 Å². The summed E-state index contributed by atoms with van der Waals surface area (Å²) in [6.07, 6.45) is 2.16. The summed E-state index contributed by atoms with van der Waals surface area (Å²) in [7, 11) is 6.49. The van der Waals surface area contributed by atoms with E-state index in [1.54, 1.807) is 34.6 Å². The first-order chi connectivity index (χ1) is 13.6. The molecular formula is C21H22BrNO5. The van der Waals surface area contributed by atoms with Crippen LogP contribution in [0.15, 0.2) is 51.5 Å². The van der Waals surface area contributed by atoms with Crippen LogP contribution in [0.1, 0.15) is 17.4 Å². The predicted molar refractivity (Wildman–Crippen MR) is 109 cm³/mol. The van der Waals surface area contributed by atoms with E-state index in [-0.39, 0.29) is 6.10 Å². The number of methoxy groups -OCH3 is 4. The van der Waals surface area contributed by atoms with E-state index < -0.39 is 0 Å². The molecule has 0 fully saturated rings. The first kappa shape index (κ1) is 20.2. The molecule has 2 aromatic heterocycles. The Morgan fingerprint density at radius 3 is 2.21 bits per heavy atom. The fourth-order valence-electron chi connectivity index (χ4n) is 2.88. The van der Waals surface area contributed by atoms with Gasteiger partial charge in [-0.1, -0.05) is 0 Å². The highest BCUT2D eigenvalue weighted by Gasteiger charge is 2.17. The molecule has 0 aliphatic carbocycles. The summed E-state index contributed by atoms with van der Waals surface area (Å²) in [6.45, 7) is 0. The van der Waals surface area contributed by atoms with E-state index in [9.17, 15) is 0 Å². The lowest BCUT2D eigenvalue weighted by molar-refractivity contribution is 0.0985. The molecule has 0 radical (unpaired) electrons. The maximum atomic E-state index is 6.06. The van der Waals surface area contributed by atoms with Gasteiger partial charge in [0.15, 0.2) is 0 Å². The van der Waals surface area contributed by atoms with Gasteiger partial charge in [0.25, 0.3) is 0 Å². The summed E-state index contributed by atoms with van der Waals surface area (Å²) in [4.78, 5) is 4.24. The molecule has 0 aliphatic rings. The van der Waals surface area contributed by atoms with Crippen LogP contribution in [0.2, 0.25) is 0 Å². The van der Waals surface area contributed by atoms with Gasteiger partial charge in [-0.3, -0.25) is 0 Å². The lowest BCUT2D eigenvalue weighted by Crippen LogP contribution is -2.05. The van der Waals surface area contributed by atoms with Crippen molar-refractivity contribution in [3.8, 4) is 28.7 Å². The first-order valence-corrected chi connectivity index (χ1v) is 9.42. The smallest absolute Gasteiger partial charge is 0.212 e. The third kappa shape index (κ3) is 4.31. The van der Waals surface area contributed by atoms with E-state index in [1.807, 2.05) is 36.4 Å². The van der Waals surface area contributed by atoms with Gasteiger partial charge in [0.05, 0.1) is 27.4 Å². The summed E-state index contributed by atoms with van der Waals surface area (Å²) in [5.41, 5.74) is 1.82. The van der Waals surface area contributed by atoms with Crippen molar-refractivity contribution in [2.24, 2.45) is 0 Å². The fourth-order valence-corrected chi connectivity index (χ4v) is 3.43. The Morgan fingerprint density at radius 1 is 0.964 bits per heavy atom. The highest BCUT2D eigenvalue weighted by atomic mass is 79.9. The van der Waals surface area contributed by atoms with Gasteiger partial charge >= 0.3 is 0 Å². The Hall–Kier alpha value is -2.51. The minimum atomic E-state index is -0.175. The number of hydrogen-bond acceptors (Lipinski definition) is 6. The summed E-state index contributed by atoms with van der Waals surface area (Å²) >= 11 is 3.48. The standard InChI is InChI=1S/C21H22BrNO5/c1-24-17(13-5-8-20(27-4)23-12-13)11-15-6-7-16(28-15)14-9-18(25-2)21(22)19(10-14)26-3/h5-10,12,17H,11H2,1-4H3. The summed E-state index contributed by atoms with van der Waals surface area (Å²) < 4.78 is 28.4. The Balaban J connectivity index is 1.83. The van der Waals surface area contributed by atoms with Gasteiger partial charge in [0, 0.05) is 31.4 Å². The van der Waals surface area contributed by atoms with Gasteiger partial charge in [-0.2, -0.15) is 0 Å². The van der Waals surface area contributed by atoms with Gasteiger partial charge < -0.3 is 23.4 Å². The van der Waals surface area contributed by atoms with Gasteiger partial charge in [0.1, 0.15) is 27.5 Å². The largest absolute Gasteiger partial charge is 0.495 e. The molecule has 28 heavy (non-hydrogen) atoms. The SMILES string of the molecule is COc1ccc(C(Cc2ccc(-c3cc(OC)c(Br)c(OC)c3)o2)OC)cn1. The molecule has 0 saturated carbocycles. The second kappa shape index (κ2) is 9.12. The van der Waals surface area contributed by atoms with Gasteiger partial charge in [-0.05, 0) is 51.8 Å². The molecule has 0 saturated heterocycles. The molecule has 1 aromatic carbocycles. The number of pyridine rings is 1. The molecule has 3 aromatic rings. The second-order valence-corrected chi connectivity index (χ2v) is 6.82. The first-order valence-electron chi connectivity index (χ1n) is 8.63. The van der Waals surface area contributed by atoms with Crippen LogP contribution in [0, 0.1) is 0 Å². The van der Waals surface area contributed by atoms with Gasteiger partial charge in [-0.25, -0.2) is 4.98 Å². The lowest BCUT2D eigenvalue weighted by atomic mass is 10.1. The number of aromatic nitrogens is 1. The van der Waals surface area contributed by atoms with Crippen LogP contribution in [0.25, 0.3) is 11.3 Å². The van der Waals surface area contributed by atoms with Crippen molar-refractivity contribution in [1.82, 2.24) is 4.98 Å². The van der Waals surface area contributed by atoms with Crippen molar-refractivity contribution in [1.29, 1.82) is 0 Å². The number of benzene rings is 1. The molecule has 0 N–H and O–H groups in total. The van der Waals surface area contributed by atoms with E-state index in [0.29, 0.717) is 23.8 Å². The molecule has 1 unspecified atom stereocenters. The monoisotopic (exact) mass is 447 g/mol. The van der Waals surface area contributed by atoms with E-state index in [2.05, 4.69) is 20.9 Å². The van der Waals surface area contributed by atoms with Crippen LogP contribution in [-0.4, -0.2) is 33.4 Å². The van der Waals surface area contributed by atoms with Crippen LogP contribution >= 0.6 is 15.9 Å². The number of nitrogens with zero attached hydrogens (tertiary/aromatic N) is 1. The molecule has 1 atom stereocenters. The zero-order chi connectivity index (χ0) is 20.1. The van der Waals surface area contributed by atoms with E-state index >= 15 is 0 Å². The molecule has 0 bridgehead atoms. The molecule has 0 amide bonds. The predicted octanol–water partition coefficient (Wildman–Crippen LogP) is 5.06. The topological polar surface area (TPSA) is 63.0 Å². The van der Waals surface area contributed by atoms with Crippen molar-refractivity contribution >= 4 is 15.9 Å². The number of halogens is 1. The minimum absolute atomic E-state index is 0.175. The van der Waals surface area contributed by atoms with E-state index in [0.717, 1.165) is 27.1 Å². The maximum Gasteiger partial charge on any atom is 0.212 e. The summed E-state index contributed by atoms with van der Waals surface area (Å²) in [6, 6.07) is 11.4. The lowest BCUT2D eigenvalue weighted by Gasteiger charge is -2.14. The van der Waals surface area contributed by atoms with Crippen molar-refractivity contribution < 1.29 is 23.4 Å². The van der Waals surface area contributed by atoms with Gasteiger partial charge in [0.2, 0.25) is 5.88 Å². The Labute approximate surface area is 172 Å². The maximum absolute atomic E-state index is 6.06. The fraction of sp³-hybridized carbons (Fsp3) is 0.286. The molecular weight excluding hydrogens is 426 g/mol. The van der Waals surface area contributed by atoms with Crippen molar-refractivity contribution in [3.63, 3.8) is 0 Å². The van der Waals surface area contributed by atoms with E-state index in [1.165, 1.54) is 0 Å². The molecule has 7 heteroatoms. The van der Waals surface area contributed by atoms with Crippen molar-refractivity contribution in [2.45, 2.75) is 12.5 Å². The molecule has 148 valence electrons. The number of ether oxygens (including phenoxy) is 4. The van der Waals surface area contributed by atoms with Crippen LogP contribution in [0.3, 0.4) is 0 Å². The quantitative estimate of drug-likeness (QED) is 0.480. The summed E-state index contributed by atoms with van der Waals surface area (Å²) in [5.74, 6) is 3.44. The Kier molecular flexibility index (Phi) is 6.59.